The molecule has 0 saturated carbocycles. The van der Waals surface area contributed by atoms with Crippen molar-refractivity contribution in [1.29, 1.82) is 0 Å². The van der Waals surface area contributed by atoms with Gasteiger partial charge in [0.15, 0.2) is 0 Å². The molecule has 0 unspecified atom stereocenters. The average Bonchev–Trinajstić information content (AvgIpc) is 2.63. The summed E-state index contributed by atoms with van der Waals surface area (Å²) in [6, 6.07) is 4.92. The lowest BCUT2D eigenvalue weighted by atomic mass is 10.2. The maximum absolute atomic E-state index is 12.8. The number of rotatable bonds is 7. The van der Waals surface area contributed by atoms with E-state index in [1.165, 1.54) is 10.4 Å². The van der Waals surface area contributed by atoms with Crippen molar-refractivity contribution in [3.63, 3.8) is 0 Å². The molecule has 0 aliphatic carbocycles. The molecule has 8 nitrogen and oxygen atoms in total. The minimum absolute atomic E-state index is 0. The molecule has 2 rings (SSSR count). The number of likely N-dealkylation sites (N-methyl/N-ethyl adjacent to an activating group) is 1. The normalized spacial score (nSPS) is 15.0. The Kier molecular flexibility index (Phi) is 11.3. The van der Waals surface area contributed by atoms with Gasteiger partial charge in [-0.1, -0.05) is 13.8 Å². The summed E-state index contributed by atoms with van der Waals surface area (Å²) in [7, 11) is -1.53. The number of halogens is 2. The summed E-state index contributed by atoms with van der Waals surface area (Å²) in [6.45, 7) is 7.66. The molecule has 1 aromatic rings. The zero-order valence-corrected chi connectivity index (χ0v) is 19.0. The molecular weight excluding hydrogens is 425 g/mol. The largest absolute Gasteiger partial charge is 0.367 e. The molecule has 1 aromatic carbocycles. The van der Waals surface area contributed by atoms with Crippen molar-refractivity contribution in [1.82, 2.24) is 9.21 Å². The first-order valence-corrected chi connectivity index (χ1v) is 10.3. The van der Waals surface area contributed by atoms with Gasteiger partial charge in [-0.3, -0.25) is 4.79 Å². The first-order chi connectivity index (χ1) is 12.3. The predicted octanol–water partition coefficient (Wildman–Crippen LogP) is 1.21. The van der Waals surface area contributed by atoms with Crippen LogP contribution in [0.2, 0.25) is 0 Å². The summed E-state index contributed by atoms with van der Waals surface area (Å²) in [5.74, 6) is -0.349. The minimum Gasteiger partial charge on any atom is -0.367 e. The molecule has 11 heteroatoms. The van der Waals surface area contributed by atoms with E-state index in [-0.39, 0.29) is 42.2 Å². The van der Waals surface area contributed by atoms with E-state index in [2.05, 4.69) is 22.2 Å². The number of piperazine rings is 1. The van der Waals surface area contributed by atoms with Crippen LogP contribution in [0, 0.1) is 0 Å². The first-order valence-electron chi connectivity index (χ1n) is 8.91. The van der Waals surface area contributed by atoms with Gasteiger partial charge in [0, 0.05) is 39.3 Å². The van der Waals surface area contributed by atoms with E-state index in [1.54, 1.807) is 26.0 Å². The van der Waals surface area contributed by atoms with Crippen LogP contribution in [0.4, 0.5) is 11.4 Å². The van der Waals surface area contributed by atoms with Gasteiger partial charge in [-0.05, 0) is 25.2 Å². The predicted molar refractivity (Wildman–Crippen MR) is 118 cm³/mol. The molecule has 1 heterocycles. The van der Waals surface area contributed by atoms with Crippen molar-refractivity contribution in [3.8, 4) is 0 Å². The topological polar surface area (TPSA) is 99.0 Å². The number of nitrogens with two attached hydrogens (primary N) is 1. The Morgan fingerprint density at radius 1 is 1.14 bits per heavy atom. The molecule has 3 N–H and O–H groups in total. The Balaban J connectivity index is 0.00000364. The number of nitrogens with zero attached hydrogens (tertiary/aromatic N) is 3. The highest BCUT2D eigenvalue weighted by Gasteiger charge is 2.25. The molecule has 1 aliphatic rings. The Morgan fingerprint density at radius 3 is 2.21 bits per heavy atom. The van der Waals surface area contributed by atoms with Crippen molar-refractivity contribution >= 4 is 52.1 Å². The van der Waals surface area contributed by atoms with E-state index in [1.807, 2.05) is 0 Å². The van der Waals surface area contributed by atoms with Crippen molar-refractivity contribution in [2.24, 2.45) is 5.73 Å². The molecule has 0 atom stereocenters. The molecule has 28 heavy (non-hydrogen) atoms. The van der Waals surface area contributed by atoms with E-state index >= 15 is 0 Å². The summed E-state index contributed by atoms with van der Waals surface area (Å²) in [5.41, 5.74) is 6.73. The minimum atomic E-state index is -3.60. The van der Waals surface area contributed by atoms with Crippen LogP contribution >= 0.6 is 24.8 Å². The number of sulfonamides is 1. The monoisotopic (exact) mass is 455 g/mol. The Hall–Kier alpha value is -1.10. The molecule has 1 saturated heterocycles. The number of hydrogen-bond acceptors (Lipinski definition) is 6. The molecule has 0 bridgehead atoms. The maximum atomic E-state index is 12.8. The van der Waals surface area contributed by atoms with Crippen LogP contribution in [-0.2, 0) is 14.8 Å². The molecule has 1 amide bonds. The highest BCUT2D eigenvalue weighted by atomic mass is 35.5. The zero-order valence-electron chi connectivity index (χ0n) is 16.6. The molecule has 0 aromatic heterocycles. The van der Waals surface area contributed by atoms with Gasteiger partial charge in [0.05, 0.1) is 22.8 Å². The molecule has 0 spiro atoms. The fraction of sp³-hybridized carbons (Fsp3) is 0.588. The zero-order chi connectivity index (χ0) is 19.3. The molecule has 162 valence electrons. The quantitative estimate of drug-likeness (QED) is 0.640. The van der Waals surface area contributed by atoms with Crippen LogP contribution < -0.4 is 16.0 Å². The highest BCUT2D eigenvalue weighted by Crippen LogP contribution is 2.31. The van der Waals surface area contributed by atoms with Gasteiger partial charge >= 0.3 is 0 Å². The van der Waals surface area contributed by atoms with E-state index in [0.717, 1.165) is 31.9 Å². The second kappa shape index (κ2) is 11.8. The van der Waals surface area contributed by atoms with Crippen LogP contribution in [0.1, 0.15) is 13.8 Å². The summed E-state index contributed by atoms with van der Waals surface area (Å²) >= 11 is 0. The summed E-state index contributed by atoms with van der Waals surface area (Å²) in [4.78, 5) is 16.4. The van der Waals surface area contributed by atoms with Crippen LogP contribution in [0.15, 0.2) is 23.1 Å². The van der Waals surface area contributed by atoms with Crippen molar-refractivity contribution < 1.29 is 13.2 Å². The fourth-order valence-corrected chi connectivity index (χ4v) is 4.50. The standard InChI is InChI=1S/C17H29N5O3S.2ClH/c1-4-22(5-2)26(24,25)14-6-7-16(15(12-14)19-17(23)13-18)21-10-8-20(3)9-11-21;;/h6-7,12H,4-5,8-11,13,18H2,1-3H3,(H,19,23);2*1H. The fourth-order valence-electron chi connectivity index (χ4n) is 3.01. The number of hydrogen-bond donors (Lipinski definition) is 2. The lowest BCUT2D eigenvalue weighted by molar-refractivity contribution is -0.114. The smallest absolute Gasteiger partial charge is 0.243 e. The molecule has 1 aliphatic heterocycles. The summed E-state index contributed by atoms with van der Waals surface area (Å²) in [6.07, 6.45) is 0. The van der Waals surface area contributed by atoms with E-state index in [4.69, 9.17) is 5.73 Å². The number of benzene rings is 1. The van der Waals surface area contributed by atoms with E-state index in [0.29, 0.717) is 18.8 Å². The highest BCUT2D eigenvalue weighted by molar-refractivity contribution is 7.89. The van der Waals surface area contributed by atoms with Crippen LogP contribution in [-0.4, -0.2) is 76.4 Å². The second-order valence-corrected chi connectivity index (χ2v) is 8.25. The second-order valence-electron chi connectivity index (χ2n) is 6.31. The van der Waals surface area contributed by atoms with E-state index in [9.17, 15) is 13.2 Å². The van der Waals surface area contributed by atoms with Gasteiger partial charge in [0.1, 0.15) is 0 Å². The number of amides is 1. The third-order valence-electron chi connectivity index (χ3n) is 4.61. The Labute approximate surface area is 180 Å². The Bertz CT molecular complexity index is 736. The number of carbonyl (C=O) groups is 1. The van der Waals surface area contributed by atoms with E-state index < -0.39 is 10.0 Å². The third-order valence-corrected chi connectivity index (χ3v) is 6.66. The molecule has 1 fully saturated rings. The number of nitrogens with one attached hydrogen (secondary N) is 1. The van der Waals surface area contributed by atoms with Gasteiger partial charge < -0.3 is 20.9 Å². The van der Waals surface area contributed by atoms with Crippen molar-refractivity contribution in [3.05, 3.63) is 18.2 Å². The lowest BCUT2D eigenvalue weighted by Crippen LogP contribution is -2.44. The molecule has 0 radical (unpaired) electrons. The third kappa shape index (κ3) is 6.20. The molecular formula is C17H31Cl2N5O3S. The van der Waals surface area contributed by atoms with Gasteiger partial charge in [-0.2, -0.15) is 4.31 Å². The van der Waals surface area contributed by atoms with Crippen molar-refractivity contribution in [2.75, 3.05) is 63.1 Å². The summed E-state index contributed by atoms with van der Waals surface area (Å²) < 4.78 is 27.0. The van der Waals surface area contributed by atoms with Crippen LogP contribution in [0.3, 0.4) is 0 Å². The maximum Gasteiger partial charge on any atom is 0.243 e. The average molecular weight is 456 g/mol. The van der Waals surface area contributed by atoms with Gasteiger partial charge in [0.2, 0.25) is 15.9 Å². The van der Waals surface area contributed by atoms with Crippen LogP contribution in [0.25, 0.3) is 0 Å². The van der Waals surface area contributed by atoms with Crippen molar-refractivity contribution in [2.45, 2.75) is 18.7 Å². The SMILES string of the molecule is CCN(CC)S(=O)(=O)c1ccc(N2CCN(C)CC2)c(NC(=O)CN)c1.Cl.Cl. The number of carbonyl (C=O) groups excluding carboxylic acids is 1. The number of anilines is 2. The van der Waals surface area contributed by atoms with Gasteiger partial charge in [0.25, 0.3) is 0 Å². The van der Waals surface area contributed by atoms with Crippen LogP contribution in [0.5, 0.6) is 0 Å². The lowest BCUT2D eigenvalue weighted by Gasteiger charge is -2.35. The van der Waals surface area contributed by atoms with Gasteiger partial charge in [-0.25, -0.2) is 8.42 Å². The van der Waals surface area contributed by atoms with Gasteiger partial charge in [-0.15, -0.1) is 24.8 Å². The summed E-state index contributed by atoms with van der Waals surface area (Å²) in [5, 5.41) is 2.75. The first kappa shape index (κ1) is 26.9. The Morgan fingerprint density at radius 2 is 1.71 bits per heavy atom.